The Morgan fingerprint density at radius 1 is 1.38 bits per heavy atom. The van der Waals surface area contributed by atoms with Crippen LogP contribution in [-0.2, 0) is 16.6 Å². The number of nitrogens with zero attached hydrogens (tertiary/aromatic N) is 2. The molecule has 2 N–H and O–H groups in total. The lowest BCUT2D eigenvalue weighted by Gasteiger charge is -2.18. The van der Waals surface area contributed by atoms with Crippen molar-refractivity contribution in [2.75, 3.05) is 12.8 Å². The fourth-order valence-corrected chi connectivity index (χ4v) is 3.28. The SMILES string of the molecule is Cc1noc(C)c1CN(C)S(=O)(=O)c1c(N)cccc1F. The molecule has 21 heavy (non-hydrogen) atoms. The third kappa shape index (κ3) is 2.77. The van der Waals surface area contributed by atoms with Crippen molar-refractivity contribution in [2.45, 2.75) is 25.3 Å². The molecule has 114 valence electrons. The van der Waals surface area contributed by atoms with Crippen molar-refractivity contribution < 1.29 is 17.3 Å². The Labute approximate surface area is 122 Å². The van der Waals surface area contributed by atoms with Gasteiger partial charge in [-0.1, -0.05) is 11.2 Å². The van der Waals surface area contributed by atoms with Gasteiger partial charge in [0, 0.05) is 19.2 Å². The number of anilines is 1. The van der Waals surface area contributed by atoms with E-state index in [4.69, 9.17) is 10.3 Å². The minimum absolute atomic E-state index is 0.0251. The molecule has 0 unspecified atom stereocenters. The summed E-state index contributed by atoms with van der Waals surface area (Å²) in [6.45, 7) is 3.42. The van der Waals surface area contributed by atoms with Gasteiger partial charge in [-0.05, 0) is 26.0 Å². The molecule has 8 heteroatoms. The van der Waals surface area contributed by atoms with Crippen molar-refractivity contribution >= 4 is 15.7 Å². The summed E-state index contributed by atoms with van der Waals surface area (Å²) in [4.78, 5) is -0.515. The quantitative estimate of drug-likeness (QED) is 0.870. The van der Waals surface area contributed by atoms with Crippen LogP contribution in [0, 0.1) is 19.7 Å². The second-order valence-electron chi connectivity index (χ2n) is 4.72. The zero-order chi connectivity index (χ0) is 15.8. The van der Waals surface area contributed by atoms with E-state index in [2.05, 4.69) is 5.16 Å². The Hall–Kier alpha value is -1.93. The van der Waals surface area contributed by atoms with Crippen LogP contribution < -0.4 is 5.73 Å². The largest absolute Gasteiger partial charge is 0.398 e. The van der Waals surface area contributed by atoms with E-state index in [1.54, 1.807) is 13.8 Å². The van der Waals surface area contributed by atoms with Crippen molar-refractivity contribution in [1.82, 2.24) is 9.46 Å². The first-order valence-corrected chi connectivity index (χ1v) is 7.61. The molecule has 0 aliphatic heterocycles. The summed E-state index contributed by atoms with van der Waals surface area (Å²) in [5.41, 5.74) is 6.72. The first kappa shape index (κ1) is 15.5. The molecule has 1 aromatic carbocycles. The maximum atomic E-state index is 13.8. The number of nitrogen functional groups attached to an aromatic ring is 1. The standard InChI is InChI=1S/C13H16FN3O3S/c1-8-10(9(2)20-16-8)7-17(3)21(18,19)13-11(14)5-4-6-12(13)15/h4-6H,7,15H2,1-3H3. The monoisotopic (exact) mass is 313 g/mol. The van der Waals surface area contributed by atoms with Gasteiger partial charge in [-0.25, -0.2) is 12.8 Å². The van der Waals surface area contributed by atoms with Crippen LogP contribution in [0.15, 0.2) is 27.6 Å². The average Bonchev–Trinajstić information content (AvgIpc) is 2.70. The highest BCUT2D eigenvalue weighted by molar-refractivity contribution is 7.89. The van der Waals surface area contributed by atoms with Gasteiger partial charge >= 0.3 is 0 Å². The number of halogens is 1. The molecule has 2 aromatic rings. The number of nitrogens with two attached hydrogens (primary N) is 1. The van der Waals surface area contributed by atoms with Gasteiger partial charge in [-0.15, -0.1) is 0 Å². The lowest BCUT2D eigenvalue weighted by Crippen LogP contribution is -2.28. The van der Waals surface area contributed by atoms with Crippen LogP contribution >= 0.6 is 0 Å². The number of sulfonamides is 1. The Bertz CT molecular complexity index is 731. The molecular formula is C13H16FN3O3S. The maximum Gasteiger partial charge on any atom is 0.248 e. The fourth-order valence-electron chi connectivity index (χ4n) is 1.99. The molecule has 0 atom stereocenters. The third-order valence-electron chi connectivity index (χ3n) is 3.23. The normalized spacial score (nSPS) is 12.0. The van der Waals surface area contributed by atoms with E-state index in [-0.39, 0.29) is 12.2 Å². The number of aromatic nitrogens is 1. The van der Waals surface area contributed by atoms with Gasteiger partial charge < -0.3 is 10.3 Å². The van der Waals surface area contributed by atoms with Gasteiger partial charge in [-0.3, -0.25) is 0 Å². The highest BCUT2D eigenvalue weighted by atomic mass is 32.2. The van der Waals surface area contributed by atoms with Crippen molar-refractivity contribution in [3.63, 3.8) is 0 Å². The molecule has 0 fully saturated rings. The van der Waals surface area contributed by atoms with E-state index in [9.17, 15) is 12.8 Å². The minimum atomic E-state index is -4.05. The Morgan fingerprint density at radius 2 is 2.05 bits per heavy atom. The molecule has 6 nitrogen and oxygen atoms in total. The van der Waals surface area contributed by atoms with Gasteiger partial charge in [-0.2, -0.15) is 4.31 Å². The molecule has 0 radical (unpaired) electrons. The molecule has 0 amide bonds. The third-order valence-corrected chi connectivity index (χ3v) is 5.12. The van der Waals surface area contributed by atoms with Gasteiger partial charge in [0.05, 0.1) is 11.4 Å². The Kier molecular flexibility index (Phi) is 4.02. The number of hydrogen-bond acceptors (Lipinski definition) is 5. The van der Waals surface area contributed by atoms with E-state index in [0.29, 0.717) is 17.0 Å². The second kappa shape index (κ2) is 5.45. The van der Waals surface area contributed by atoms with Crippen LogP contribution in [0.2, 0.25) is 0 Å². The van der Waals surface area contributed by atoms with Crippen LogP contribution in [0.5, 0.6) is 0 Å². The molecule has 2 rings (SSSR count). The van der Waals surface area contributed by atoms with Crippen molar-refractivity contribution in [2.24, 2.45) is 0 Å². The van der Waals surface area contributed by atoms with Gasteiger partial charge in [0.1, 0.15) is 16.5 Å². The number of rotatable bonds is 4. The smallest absolute Gasteiger partial charge is 0.248 e. The van der Waals surface area contributed by atoms with Gasteiger partial charge in [0.25, 0.3) is 0 Å². The number of hydrogen-bond donors (Lipinski definition) is 1. The number of aryl methyl sites for hydroxylation is 2. The summed E-state index contributed by atoms with van der Waals surface area (Å²) in [5, 5.41) is 3.76. The summed E-state index contributed by atoms with van der Waals surface area (Å²) < 4.78 is 44.8. The summed E-state index contributed by atoms with van der Waals surface area (Å²) in [6.07, 6.45) is 0. The van der Waals surface area contributed by atoms with Crippen molar-refractivity contribution in [1.29, 1.82) is 0 Å². The summed E-state index contributed by atoms with van der Waals surface area (Å²) in [7, 11) is -2.69. The first-order chi connectivity index (χ1) is 9.75. The average molecular weight is 313 g/mol. The highest BCUT2D eigenvalue weighted by Gasteiger charge is 2.28. The van der Waals surface area contributed by atoms with E-state index >= 15 is 0 Å². The topological polar surface area (TPSA) is 89.4 Å². The van der Waals surface area contributed by atoms with Crippen LogP contribution in [0.25, 0.3) is 0 Å². The molecule has 1 aromatic heterocycles. The van der Waals surface area contributed by atoms with Crippen LogP contribution in [-0.4, -0.2) is 24.9 Å². The second-order valence-corrected chi connectivity index (χ2v) is 6.70. The Balaban J connectivity index is 2.40. The van der Waals surface area contributed by atoms with E-state index in [1.165, 1.54) is 19.2 Å². The number of benzene rings is 1. The summed E-state index contributed by atoms with van der Waals surface area (Å²) in [5.74, 6) is -0.350. The van der Waals surface area contributed by atoms with E-state index in [1.807, 2.05) is 0 Å². The predicted octanol–water partition coefficient (Wildman–Crippen LogP) is 1.83. The van der Waals surface area contributed by atoms with Crippen LogP contribution in [0.3, 0.4) is 0 Å². The maximum absolute atomic E-state index is 13.8. The van der Waals surface area contributed by atoms with E-state index in [0.717, 1.165) is 10.4 Å². The van der Waals surface area contributed by atoms with Crippen molar-refractivity contribution in [3.8, 4) is 0 Å². The lowest BCUT2D eigenvalue weighted by atomic mass is 10.2. The van der Waals surface area contributed by atoms with Crippen molar-refractivity contribution in [3.05, 3.63) is 41.0 Å². The highest BCUT2D eigenvalue weighted by Crippen LogP contribution is 2.26. The summed E-state index contributed by atoms with van der Waals surface area (Å²) in [6, 6.07) is 3.77. The summed E-state index contributed by atoms with van der Waals surface area (Å²) >= 11 is 0. The molecule has 0 saturated heterocycles. The molecule has 0 aliphatic carbocycles. The molecule has 0 bridgehead atoms. The zero-order valence-electron chi connectivity index (χ0n) is 11.9. The van der Waals surface area contributed by atoms with Crippen LogP contribution in [0.1, 0.15) is 17.0 Å². The van der Waals surface area contributed by atoms with Crippen LogP contribution in [0.4, 0.5) is 10.1 Å². The molecule has 0 spiro atoms. The molecule has 0 aliphatic rings. The Morgan fingerprint density at radius 3 is 2.57 bits per heavy atom. The minimum Gasteiger partial charge on any atom is -0.398 e. The lowest BCUT2D eigenvalue weighted by molar-refractivity contribution is 0.390. The van der Waals surface area contributed by atoms with Gasteiger partial charge in [0.2, 0.25) is 10.0 Å². The molecule has 0 saturated carbocycles. The zero-order valence-corrected chi connectivity index (χ0v) is 12.7. The van der Waals surface area contributed by atoms with E-state index < -0.39 is 20.7 Å². The predicted molar refractivity (Wildman–Crippen MR) is 75.4 cm³/mol. The van der Waals surface area contributed by atoms with Gasteiger partial charge in [0.15, 0.2) is 0 Å². The fraction of sp³-hybridized carbons (Fsp3) is 0.308. The molecular weight excluding hydrogens is 297 g/mol. The molecule has 1 heterocycles. The first-order valence-electron chi connectivity index (χ1n) is 6.17.